The molecule has 0 atom stereocenters. The van der Waals surface area contributed by atoms with Crippen LogP contribution in [0.1, 0.15) is 36.8 Å². The quantitative estimate of drug-likeness (QED) is 0.490. The fraction of sp³-hybridized carbons (Fsp3) is 0.346. The zero-order valence-corrected chi connectivity index (χ0v) is 18.9. The number of nitrogens with one attached hydrogen (secondary N) is 1. The van der Waals surface area contributed by atoms with Crippen LogP contribution in [0.5, 0.6) is 11.6 Å². The summed E-state index contributed by atoms with van der Waals surface area (Å²) in [4.78, 5) is 4.36. The second-order valence-electron chi connectivity index (χ2n) is 8.77. The van der Waals surface area contributed by atoms with Crippen molar-refractivity contribution in [3.8, 4) is 22.9 Å². The Bertz CT molecular complexity index is 1160. The average Bonchev–Trinajstić information content (AvgIpc) is 2.83. The molecule has 4 N–H and O–H groups in total. The first-order valence-electron chi connectivity index (χ1n) is 11.7. The molecule has 1 saturated heterocycles. The molecule has 1 aromatic carbocycles. The molecule has 8 heteroatoms. The average molecular weight is 460 g/mol. The number of aromatic hydroxyl groups is 1. The molecule has 1 aliphatic carbocycles. The van der Waals surface area contributed by atoms with Crippen molar-refractivity contribution in [2.45, 2.75) is 44.0 Å². The fourth-order valence-corrected chi connectivity index (χ4v) is 4.25. The van der Waals surface area contributed by atoms with Gasteiger partial charge in [-0.2, -0.15) is 0 Å². The van der Waals surface area contributed by atoms with Crippen LogP contribution >= 0.6 is 0 Å². The number of benzene rings is 1. The van der Waals surface area contributed by atoms with Crippen molar-refractivity contribution in [1.29, 1.82) is 0 Å². The Morgan fingerprint density at radius 1 is 0.971 bits per heavy atom. The summed E-state index contributed by atoms with van der Waals surface area (Å²) in [5.74, 6) is 1.06. The van der Waals surface area contributed by atoms with Crippen LogP contribution in [0.15, 0.2) is 48.7 Å². The second-order valence-corrected chi connectivity index (χ2v) is 8.77. The number of anilines is 1. The molecule has 8 nitrogen and oxygen atoms in total. The van der Waals surface area contributed by atoms with Gasteiger partial charge < -0.3 is 25.6 Å². The molecule has 0 bridgehead atoms. The van der Waals surface area contributed by atoms with E-state index in [0.29, 0.717) is 34.6 Å². The maximum absolute atomic E-state index is 10.1. The normalized spacial score (nSPS) is 20.8. The molecule has 3 aromatic rings. The van der Waals surface area contributed by atoms with Crippen LogP contribution in [0.2, 0.25) is 0 Å². The van der Waals surface area contributed by atoms with Crippen LogP contribution in [-0.4, -0.2) is 51.7 Å². The van der Waals surface area contributed by atoms with Gasteiger partial charge in [0.05, 0.1) is 17.9 Å². The Hall–Kier alpha value is -3.49. The summed E-state index contributed by atoms with van der Waals surface area (Å²) in [5, 5.41) is 21.6. The maximum Gasteiger partial charge on any atom is 0.214 e. The van der Waals surface area contributed by atoms with E-state index in [2.05, 4.69) is 20.5 Å². The summed E-state index contributed by atoms with van der Waals surface area (Å²) >= 11 is 0. The third-order valence-electron chi connectivity index (χ3n) is 6.26. The third-order valence-corrected chi connectivity index (χ3v) is 6.26. The SMILES string of the molecule is Nc1nnc(-c2ccccc2O)cc1/C=C/c1ccnc(O[C@H]2C[C@H](OC3CCNCC3)C2)c1. The van der Waals surface area contributed by atoms with E-state index in [4.69, 9.17) is 15.2 Å². The van der Waals surface area contributed by atoms with Crippen LogP contribution in [0.4, 0.5) is 5.82 Å². The molecular weight excluding hydrogens is 430 g/mol. The molecule has 0 radical (unpaired) electrons. The zero-order valence-electron chi connectivity index (χ0n) is 18.9. The van der Waals surface area contributed by atoms with Gasteiger partial charge in [0.15, 0.2) is 5.82 Å². The molecule has 176 valence electrons. The lowest BCUT2D eigenvalue weighted by molar-refractivity contribution is -0.104. The number of phenolic OH excluding ortho intramolecular Hbond substituents is 1. The number of rotatable bonds is 7. The third kappa shape index (κ3) is 5.35. The Labute approximate surface area is 198 Å². The van der Waals surface area contributed by atoms with E-state index in [1.54, 1.807) is 24.4 Å². The number of hydrogen-bond donors (Lipinski definition) is 3. The van der Waals surface area contributed by atoms with Crippen LogP contribution in [-0.2, 0) is 4.74 Å². The molecule has 1 saturated carbocycles. The number of ether oxygens (including phenoxy) is 2. The zero-order chi connectivity index (χ0) is 23.3. The molecule has 1 aliphatic heterocycles. The standard InChI is InChI=1S/C26H29N5O3/c27-26-18(14-23(30-31-26)22-3-1-2-4-24(22)32)6-5-17-7-12-29-25(13-17)34-21-15-20(16-21)33-19-8-10-28-11-9-19/h1-7,12-14,19-21,28,32H,8-11,15-16H2,(H2,27,31)/b6-5+/t20-,21-. The van der Waals surface area contributed by atoms with Gasteiger partial charge in [-0.3, -0.25) is 0 Å². The highest BCUT2D eigenvalue weighted by molar-refractivity contribution is 5.77. The van der Waals surface area contributed by atoms with Crippen molar-refractivity contribution in [3.05, 3.63) is 59.8 Å². The first-order chi connectivity index (χ1) is 16.6. The molecule has 0 amide bonds. The number of piperidine rings is 1. The molecule has 2 aromatic heterocycles. The van der Waals surface area contributed by atoms with E-state index in [-0.39, 0.29) is 18.0 Å². The van der Waals surface area contributed by atoms with Crippen molar-refractivity contribution in [2.75, 3.05) is 18.8 Å². The first kappa shape index (κ1) is 22.3. The van der Waals surface area contributed by atoms with Gasteiger partial charge in [0.2, 0.25) is 5.88 Å². The van der Waals surface area contributed by atoms with Gasteiger partial charge in [-0.05, 0) is 55.8 Å². The Morgan fingerprint density at radius 3 is 2.62 bits per heavy atom. The highest BCUT2D eigenvalue weighted by Crippen LogP contribution is 2.31. The van der Waals surface area contributed by atoms with E-state index < -0.39 is 0 Å². The number of para-hydroxylation sites is 1. The largest absolute Gasteiger partial charge is 0.507 e. The van der Waals surface area contributed by atoms with E-state index in [9.17, 15) is 5.11 Å². The van der Waals surface area contributed by atoms with E-state index in [1.165, 1.54) is 0 Å². The molecule has 3 heterocycles. The molecular formula is C26H29N5O3. The van der Waals surface area contributed by atoms with Gasteiger partial charge in [0.25, 0.3) is 0 Å². The molecule has 34 heavy (non-hydrogen) atoms. The van der Waals surface area contributed by atoms with Gasteiger partial charge in [-0.15, -0.1) is 10.2 Å². The van der Waals surface area contributed by atoms with Crippen molar-refractivity contribution in [1.82, 2.24) is 20.5 Å². The molecule has 0 unspecified atom stereocenters. The van der Waals surface area contributed by atoms with Crippen molar-refractivity contribution < 1.29 is 14.6 Å². The van der Waals surface area contributed by atoms with Crippen molar-refractivity contribution in [3.63, 3.8) is 0 Å². The number of phenols is 1. The number of nitrogen functional groups attached to an aromatic ring is 1. The smallest absolute Gasteiger partial charge is 0.214 e. The minimum absolute atomic E-state index is 0.139. The number of aromatic nitrogens is 3. The predicted molar refractivity (Wildman–Crippen MR) is 131 cm³/mol. The highest BCUT2D eigenvalue weighted by atomic mass is 16.5. The lowest BCUT2D eigenvalue weighted by Gasteiger charge is -2.38. The van der Waals surface area contributed by atoms with Crippen LogP contribution in [0.25, 0.3) is 23.4 Å². The van der Waals surface area contributed by atoms with Gasteiger partial charge >= 0.3 is 0 Å². The van der Waals surface area contributed by atoms with Gasteiger partial charge in [-0.25, -0.2) is 4.98 Å². The summed E-state index contributed by atoms with van der Waals surface area (Å²) in [5.41, 5.74) is 8.84. The number of nitrogens with zero attached hydrogens (tertiary/aromatic N) is 3. The van der Waals surface area contributed by atoms with Crippen molar-refractivity contribution >= 4 is 18.0 Å². The number of nitrogens with two attached hydrogens (primary N) is 1. The first-order valence-corrected chi connectivity index (χ1v) is 11.7. The van der Waals surface area contributed by atoms with Gasteiger partial charge in [0.1, 0.15) is 11.9 Å². The number of pyridine rings is 1. The summed E-state index contributed by atoms with van der Waals surface area (Å²) < 4.78 is 12.2. The summed E-state index contributed by atoms with van der Waals surface area (Å²) in [7, 11) is 0. The van der Waals surface area contributed by atoms with E-state index in [0.717, 1.165) is 44.3 Å². The molecule has 5 rings (SSSR count). The minimum Gasteiger partial charge on any atom is -0.507 e. The Kier molecular flexibility index (Phi) is 6.69. The lowest BCUT2D eigenvalue weighted by Crippen LogP contribution is -2.43. The minimum atomic E-state index is 0.139. The lowest BCUT2D eigenvalue weighted by atomic mass is 9.91. The molecule has 0 spiro atoms. The van der Waals surface area contributed by atoms with Crippen LogP contribution in [0.3, 0.4) is 0 Å². The van der Waals surface area contributed by atoms with E-state index >= 15 is 0 Å². The number of hydrogen-bond acceptors (Lipinski definition) is 8. The Morgan fingerprint density at radius 2 is 1.79 bits per heavy atom. The predicted octanol–water partition coefficient (Wildman–Crippen LogP) is 3.68. The topological polar surface area (TPSA) is 115 Å². The van der Waals surface area contributed by atoms with Gasteiger partial charge in [-0.1, -0.05) is 24.3 Å². The van der Waals surface area contributed by atoms with Gasteiger partial charge in [0, 0.05) is 36.2 Å². The molecule has 2 aliphatic rings. The maximum atomic E-state index is 10.1. The second kappa shape index (κ2) is 10.2. The molecule has 2 fully saturated rings. The summed E-state index contributed by atoms with van der Waals surface area (Å²) in [6, 6.07) is 12.6. The summed E-state index contributed by atoms with van der Waals surface area (Å²) in [6.45, 7) is 2.08. The highest BCUT2D eigenvalue weighted by Gasteiger charge is 2.34. The van der Waals surface area contributed by atoms with Crippen LogP contribution in [0, 0.1) is 0 Å². The Balaban J connectivity index is 1.20. The fourth-order valence-electron chi connectivity index (χ4n) is 4.25. The van der Waals surface area contributed by atoms with Crippen LogP contribution < -0.4 is 15.8 Å². The van der Waals surface area contributed by atoms with Crippen molar-refractivity contribution in [2.24, 2.45) is 0 Å². The van der Waals surface area contributed by atoms with E-state index in [1.807, 2.05) is 36.4 Å². The monoisotopic (exact) mass is 459 g/mol. The summed E-state index contributed by atoms with van der Waals surface area (Å²) in [6.07, 6.45) is 10.3.